The van der Waals surface area contributed by atoms with E-state index >= 15 is 0 Å². The van der Waals surface area contributed by atoms with Crippen molar-refractivity contribution in [1.29, 1.82) is 0 Å². The van der Waals surface area contributed by atoms with Crippen LogP contribution in [0.1, 0.15) is 9.67 Å². The summed E-state index contributed by atoms with van der Waals surface area (Å²) in [6.45, 7) is 0.806. The lowest BCUT2D eigenvalue weighted by Gasteiger charge is -2.09. The van der Waals surface area contributed by atoms with Crippen molar-refractivity contribution in [1.82, 2.24) is 5.32 Å². The van der Waals surface area contributed by atoms with Crippen LogP contribution in [0.25, 0.3) is 0 Å². The molecule has 3 N–H and O–H groups in total. The molecule has 19 heavy (non-hydrogen) atoms. The van der Waals surface area contributed by atoms with Crippen LogP contribution in [0.4, 0.5) is 5.69 Å². The van der Waals surface area contributed by atoms with E-state index in [1.165, 1.54) is 11.3 Å². The van der Waals surface area contributed by atoms with E-state index in [4.69, 9.17) is 10.5 Å². The maximum atomic E-state index is 11.8. The molecule has 4 nitrogen and oxygen atoms in total. The molecule has 1 aromatic carbocycles. The molecule has 100 valence electrons. The lowest BCUT2D eigenvalue weighted by atomic mass is 10.3. The van der Waals surface area contributed by atoms with E-state index in [9.17, 15) is 4.79 Å². The molecule has 2 rings (SSSR count). The van der Waals surface area contributed by atoms with Gasteiger partial charge in [-0.3, -0.25) is 4.79 Å². The molecule has 0 unspecified atom stereocenters. The highest BCUT2D eigenvalue weighted by Gasteiger charge is 2.10. The zero-order valence-electron chi connectivity index (χ0n) is 10.1. The Kier molecular flexibility index (Phi) is 4.81. The Morgan fingerprint density at radius 3 is 2.84 bits per heavy atom. The standard InChI is InChI=1S/C13H13BrN2O2S/c14-9-5-8-19-12(9)13(17)16-6-7-18-11-4-2-1-3-10(11)15/h1-5,8H,6-7,15H2,(H,16,17). The Balaban J connectivity index is 1.77. The lowest BCUT2D eigenvalue weighted by Crippen LogP contribution is -2.27. The zero-order chi connectivity index (χ0) is 13.7. The van der Waals surface area contributed by atoms with E-state index < -0.39 is 0 Å². The van der Waals surface area contributed by atoms with Gasteiger partial charge in [0.25, 0.3) is 5.91 Å². The summed E-state index contributed by atoms with van der Waals surface area (Å²) in [4.78, 5) is 12.5. The number of nitrogens with one attached hydrogen (secondary N) is 1. The summed E-state index contributed by atoms with van der Waals surface area (Å²) >= 11 is 4.72. The van der Waals surface area contributed by atoms with E-state index in [0.29, 0.717) is 29.5 Å². The minimum absolute atomic E-state index is 0.105. The second-order valence-corrected chi connectivity index (χ2v) is 5.51. The lowest BCUT2D eigenvalue weighted by molar-refractivity contribution is 0.0950. The fraction of sp³-hybridized carbons (Fsp3) is 0.154. The number of carbonyl (C=O) groups excluding carboxylic acids is 1. The first-order valence-electron chi connectivity index (χ1n) is 5.67. The summed E-state index contributed by atoms with van der Waals surface area (Å²) in [6, 6.07) is 9.12. The van der Waals surface area contributed by atoms with Crippen molar-refractivity contribution in [2.75, 3.05) is 18.9 Å². The fourth-order valence-electron chi connectivity index (χ4n) is 1.47. The van der Waals surface area contributed by atoms with Crippen LogP contribution in [0.3, 0.4) is 0 Å². The number of carbonyl (C=O) groups is 1. The Morgan fingerprint density at radius 2 is 2.16 bits per heavy atom. The van der Waals surface area contributed by atoms with Crippen LogP contribution in [-0.4, -0.2) is 19.1 Å². The van der Waals surface area contributed by atoms with Crippen molar-refractivity contribution < 1.29 is 9.53 Å². The number of para-hydroxylation sites is 2. The molecule has 0 atom stereocenters. The van der Waals surface area contributed by atoms with E-state index in [-0.39, 0.29) is 5.91 Å². The fourth-order valence-corrected chi connectivity index (χ4v) is 2.94. The first kappa shape index (κ1) is 13.9. The SMILES string of the molecule is Nc1ccccc1OCCNC(=O)c1sccc1Br. The summed E-state index contributed by atoms with van der Waals surface area (Å²) in [5.74, 6) is 0.528. The highest BCUT2D eigenvalue weighted by Crippen LogP contribution is 2.22. The molecule has 0 radical (unpaired) electrons. The predicted octanol–water partition coefficient (Wildman–Crippen LogP) is 2.90. The molecular weight excluding hydrogens is 328 g/mol. The largest absolute Gasteiger partial charge is 0.490 e. The van der Waals surface area contributed by atoms with Crippen molar-refractivity contribution in [2.24, 2.45) is 0 Å². The molecule has 0 aliphatic rings. The van der Waals surface area contributed by atoms with Gasteiger partial charge >= 0.3 is 0 Å². The highest BCUT2D eigenvalue weighted by molar-refractivity contribution is 9.10. The Bertz CT molecular complexity index is 571. The molecule has 0 spiro atoms. The summed E-state index contributed by atoms with van der Waals surface area (Å²) < 4.78 is 6.30. The summed E-state index contributed by atoms with van der Waals surface area (Å²) in [7, 11) is 0. The van der Waals surface area contributed by atoms with Crippen LogP contribution in [0.15, 0.2) is 40.2 Å². The second-order valence-electron chi connectivity index (χ2n) is 3.74. The molecule has 1 heterocycles. The molecule has 1 amide bonds. The topological polar surface area (TPSA) is 64.3 Å². The van der Waals surface area contributed by atoms with Crippen LogP contribution < -0.4 is 15.8 Å². The van der Waals surface area contributed by atoms with E-state index in [2.05, 4.69) is 21.2 Å². The van der Waals surface area contributed by atoms with Gasteiger partial charge in [0.15, 0.2) is 0 Å². The number of thiophene rings is 1. The average Bonchev–Trinajstić information content (AvgIpc) is 2.82. The Morgan fingerprint density at radius 1 is 1.37 bits per heavy atom. The number of halogens is 1. The molecule has 1 aromatic heterocycles. The maximum absolute atomic E-state index is 11.8. The third-order valence-corrected chi connectivity index (χ3v) is 4.22. The summed E-state index contributed by atoms with van der Waals surface area (Å²) in [5, 5.41) is 4.65. The first-order valence-corrected chi connectivity index (χ1v) is 7.34. The van der Waals surface area contributed by atoms with Gasteiger partial charge in [-0.15, -0.1) is 11.3 Å². The number of hydrogen-bond acceptors (Lipinski definition) is 4. The van der Waals surface area contributed by atoms with Crippen LogP contribution in [-0.2, 0) is 0 Å². The number of hydrogen-bond donors (Lipinski definition) is 2. The quantitative estimate of drug-likeness (QED) is 0.649. The first-order chi connectivity index (χ1) is 9.18. The monoisotopic (exact) mass is 340 g/mol. The van der Waals surface area contributed by atoms with E-state index in [1.54, 1.807) is 12.1 Å². The zero-order valence-corrected chi connectivity index (χ0v) is 12.5. The van der Waals surface area contributed by atoms with Crippen LogP contribution in [0, 0.1) is 0 Å². The minimum atomic E-state index is -0.105. The van der Waals surface area contributed by atoms with Gasteiger partial charge in [0.05, 0.1) is 12.2 Å². The number of anilines is 1. The summed E-state index contributed by atoms with van der Waals surface area (Å²) in [6.07, 6.45) is 0. The van der Waals surface area contributed by atoms with Crippen LogP contribution >= 0.6 is 27.3 Å². The minimum Gasteiger partial charge on any atom is -0.490 e. The van der Waals surface area contributed by atoms with Crippen molar-refractivity contribution in [3.63, 3.8) is 0 Å². The van der Waals surface area contributed by atoms with Gasteiger partial charge in [-0.1, -0.05) is 12.1 Å². The van der Waals surface area contributed by atoms with E-state index in [0.717, 1.165) is 4.47 Å². The number of rotatable bonds is 5. The highest BCUT2D eigenvalue weighted by atomic mass is 79.9. The smallest absolute Gasteiger partial charge is 0.262 e. The molecule has 0 aliphatic heterocycles. The van der Waals surface area contributed by atoms with Gasteiger partial charge in [0.2, 0.25) is 0 Å². The number of benzene rings is 1. The molecular formula is C13H13BrN2O2S. The molecule has 0 saturated carbocycles. The normalized spacial score (nSPS) is 10.2. The molecule has 0 bridgehead atoms. The average molecular weight is 341 g/mol. The number of ether oxygens (including phenoxy) is 1. The van der Waals surface area contributed by atoms with Crippen molar-refractivity contribution in [3.05, 3.63) is 45.1 Å². The van der Waals surface area contributed by atoms with Gasteiger partial charge < -0.3 is 15.8 Å². The van der Waals surface area contributed by atoms with E-state index in [1.807, 2.05) is 23.6 Å². The molecule has 0 saturated heterocycles. The molecule has 2 aromatic rings. The van der Waals surface area contributed by atoms with Gasteiger partial charge in [-0.05, 0) is 39.5 Å². The van der Waals surface area contributed by atoms with Crippen molar-refractivity contribution in [3.8, 4) is 5.75 Å². The molecule has 6 heteroatoms. The molecule has 0 fully saturated rings. The number of nitrogens with two attached hydrogens (primary N) is 1. The second kappa shape index (κ2) is 6.58. The maximum Gasteiger partial charge on any atom is 0.262 e. The Hall–Kier alpha value is -1.53. The van der Waals surface area contributed by atoms with Gasteiger partial charge in [0, 0.05) is 4.47 Å². The third-order valence-electron chi connectivity index (χ3n) is 2.39. The number of amides is 1. The van der Waals surface area contributed by atoms with Crippen LogP contribution in [0.5, 0.6) is 5.75 Å². The predicted molar refractivity (Wildman–Crippen MR) is 80.7 cm³/mol. The van der Waals surface area contributed by atoms with Gasteiger partial charge in [-0.2, -0.15) is 0 Å². The van der Waals surface area contributed by atoms with Gasteiger partial charge in [-0.25, -0.2) is 0 Å². The van der Waals surface area contributed by atoms with Crippen molar-refractivity contribution in [2.45, 2.75) is 0 Å². The van der Waals surface area contributed by atoms with Gasteiger partial charge in [0.1, 0.15) is 17.2 Å². The third kappa shape index (κ3) is 3.71. The van der Waals surface area contributed by atoms with Crippen molar-refractivity contribution >= 4 is 38.9 Å². The Labute approximate surface area is 123 Å². The summed E-state index contributed by atoms with van der Waals surface area (Å²) in [5.41, 5.74) is 6.34. The molecule has 0 aliphatic carbocycles. The number of nitrogen functional groups attached to an aromatic ring is 1. The van der Waals surface area contributed by atoms with Crippen LogP contribution in [0.2, 0.25) is 0 Å².